The lowest BCUT2D eigenvalue weighted by molar-refractivity contribution is -0.113. The second-order valence-corrected chi connectivity index (χ2v) is 12.0. The quantitative estimate of drug-likeness (QED) is 0.150. The highest BCUT2D eigenvalue weighted by molar-refractivity contribution is 7.53. The van der Waals surface area contributed by atoms with Crippen LogP contribution in [0.4, 0.5) is 5.82 Å². The van der Waals surface area contributed by atoms with Gasteiger partial charge in [0.05, 0.1) is 31.2 Å². The minimum absolute atomic E-state index is 0.0115. The summed E-state index contributed by atoms with van der Waals surface area (Å²) in [6.45, 7) is 0.920. The highest BCUT2D eigenvalue weighted by Gasteiger charge is 2.52. The van der Waals surface area contributed by atoms with Gasteiger partial charge in [0.15, 0.2) is 23.0 Å². The van der Waals surface area contributed by atoms with E-state index in [1.807, 2.05) is 6.92 Å². The van der Waals surface area contributed by atoms with Crippen LogP contribution in [0.2, 0.25) is 0 Å². The molecule has 6 N–H and O–H groups in total. The predicted octanol–water partition coefficient (Wildman–Crippen LogP) is -0.345. The number of nitrogens with one attached hydrogen (secondary N) is 2. The van der Waals surface area contributed by atoms with Crippen LogP contribution in [-0.4, -0.2) is 110 Å². The number of fused-ring (bicyclic) bond motifs is 1. The van der Waals surface area contributed by atoms with Crippen LogP contribution in [0.5, 0.6) is 0 Å². The fourth-order valence-corrected chi connectivity index (χ4v) is 6.03. The first-order valence-corrected chi connectivity index (χ1v) is 14.7. The Morgan fingerprint density at radius 2 is 2.00 bits per heavy atom. The number of rotatable bonds is 12. The number of hydrogen-bond donors (Lipinski definition) is 6. The van der Waals surface area contributed by atoms with Crippen LogP contribution in [0.3, 0.4) is 0 Å². The molecule has 0 unspecified atom stereocenters. The van der Waals surface area contributed by atoms with Crippen LogP contribution < -0.4 is 5.32 Å². The Kier molecular flexibility index (Phi) is 8.45. The van der Waals surface area contributed by atoms with Crippen molar-refractivity contribution in [2.24, 2.45) is 0 Å². The maximum absolute atomic E-state index is 12.6. The fourth-order valence-electron chi connectivity index (χ4n) is 5.14. The molecule has 0 radical (unpaired) electrons. The van der Waals surface area contributed by atoms with Gasteiger partial charge >= 0.3 is 7.60 Å². The van der Waals surface area contributed by atoms with E-state index in [0.717, 1.165) is 25.7 Å². The molecule has 0 aromatic carbocycles. The summed E-state index contributed by atoms with van der Waals surface area (Å²) >= 11 is 0. The number of H-pyrrole nitrogens is 1. The summed E-state index contributed by atoms with van der Waals surface area (Å²) in [4.78, 5) is 29.6. The van der Waals surface area contributed by atoms with Gasteiger partial charge in [0.2, 0.25) is 0 Å². The third kappa shape index (κ3) is 5.60. The van der Waals surface area contributed by atoms with Gasteiger partial charge in [-0.25, -0.2) is 14.6 Å². The van der Waals surface area contributed by atoms with Crippen LogP contribution in [0, 0.1) is 0 Å². The van der Waals surface area contributed by atoms with E-state index in [1.54, 1.807) is 6.20 Å². The number of aryl methyl sites for hydroxylation is 1. The molecule has 2 aliphatic rings. The summed E-state index contributed by atoms with van der Waals surface area (Å²) in [5, 5.41) is 41.2. The van der Waals surface area contributed by atoms with Crippen molar-refractivity contribution in [3.63, 3.8) is 0 Å². The van der Waals surface area contributed by atoms with Crippen LogP contribution in [0.1, 0.15) is 50.5 Å². The number of aromatic amines is 1. The molecule has 5 atom stereocenters. The van der Waals surface area contributed by atoms with Gasteiger partial charge in [-0.05, 0) is 12.8 Å². The molecule has 0 amide bonds. The molecule has 1 aliphatic heterocycles. The molecule has 17 nitrogen and oxygen atoms in total. The van der Waals surface area contributed by atoms with Gasteiger partial charge in [-0.1, -0.05) is 25.0 Å². The zero-order valence-electron chi connectivity index (χ0n) is 22.1. The molecule has 40 heavy (non-hydrogen) atoms. The summed E-state index contributed by atoms with van der Waals surface area (Å²) in [7, 11) is -3.73. The number of aliphatic hydroxyl groups excluding tert-OH is 2. The van der Waals surface area contributed by atoms with E-state index in [0.29, 0.717) is 35.1 Å². The number of aliphatic hydroxyl groups is 2. The smallest absolute Gasteiger partial charge is 0.359 e. The first kappa shape index (κ1) is 28.9. The number of tetrazole rings is 1. The van der Waals surface area contributed by atoms with Crippen LogP contribution in [0.15, 0.2) is 6.20 Å². The maximum Gasteiger partial charge on any atom is 0.359 e. The van der Waals surface area contributed by atoms with Crippen LogP contribution >= 0.6 is 7.60 Å². The summed E-state index contributed by atoms with van der Waals surface area (Å²) < 4.78 is 30.7. The second kappa shape index (κ2) is 11.7. The Labute approximate surface area is 228 Å². The average molecular weight is 584 g/mol. The Morgan fingerprint density at radius 1 is 1.23 bits per heavy atom. The van der Waals surface area contributed by atoms with Crippen molar-refractivity contribution < 1.29 is 38.8 Å². The van der Waals surface area contributed by atoms with E-state index < -0.39 is 57.1 Å². The standard InChI is InChI=1S/C22H34N9O8P/c1-3-15-25-19(24-12-6-4-5-7-12)13-9-23-31(20(13)26-15)21-18(33)17(32)14(39-21)10-38-22(11-37-2,40(34,35)36)8-16-27-29-30-28-16/h9,12,14,17-18,21,32-33H,3-8,10-11H2,1-2H3,(H,24,25,26)(H2,34,35,36)(H,27,28,29,30)/t14-,17-,18-,21-,22+/m1/s1. The monoisotopic (exact) mass is 583 g/mol. The normalized spacial score (nSPS) is 25.6. The molecule has 220 valence electrons. The molecular weight excluding hydrogens is 549 g/mol. The molecule has 1 saturated carbocycles. The number of nitrogens with zero attached hydrogens (tertiary/aromatic N) is 7. The first-order chi connectivity index (χ1) is 19.2. The summed E-state index contributed by atoms with van der Waals surface area (Å²) in [6.07, 6.45) is 0.890. The molecule has 18 heteroatoms. The number of aromatic nitrogens is 8. The first-order valence-electron chi connectivity index (χ1n) is 13.1. The van der Waals surface area contributed by atoms with Gasteiger partial charge in [0, 0.05) is 19.6 Å². The molecular formula is C22H34N9O8P. The molecule has 1 saturated heterocycles. The van der Waals surface area contributed by atoms with Crippen molar-refractivity contribution in [3.8, 4) is 0 Å². The van der Waals surface area contributed by atoms with Gasteiger partial charge in [-0.15, -0.1) is 10.2 Å². The maximum atomic E-state index is 12.6. The van der Waals surface area contributed by atoms with E-state index in [4.69, 9.17) is 14.2 Å². The zero-order valence-corrected chi connectivity index (χ0v) is 23.0. The number of anilines is 1. The minimum Gasteiger partial charge on any atom is -0.387 e. The van der Waals surface area contributed by atoms with Crippen molar-refractivity contribution in [3.05, 3.63) is 17.8 Å². The molecule has 1 aliphatic carbocycles. The van der Waals surface area contributed by atoms with Crippen molar-refractivity contribution in [2.45, 2.75) is 81.4 Å². The second-order valence-electron chi connectivity index (χ2n) is 10.1. The van der Waals surface area contributed by atoms with Gasteiger partial charge in [-0.3, -0.25) is 4.57 Å². The third-order valence-corrected chi connectivity index (χ3v) is 8.81. The topological polar surface area (TPSA) is 236 Å². The van der Waals surface area contributed by atoms with Gasteiger partial charge < -0.3 is 39.5 Å². The zero-order chi connectivity index (χ0) is 28.5. The van der Waals surface area contributed by atoms with E-state index >= 15 is 0 Å². The van der Waals surface area contributed by atoms with Gasteiger partial charge in [0.25, 0.3) is 0 Å². The molecule has 0 spiro atoms. The SMILES string of the molecule is CCc1nc(NC2CCCC2)c2cnn([C@@H]3O[C@H](CO[C@@](COC)(Cc4nn[nH]n4)P(=O)(O)O)[C@@H](O)[C@H]3O)c2n1. The fraction of sp³-hybridized carbons (Fsp3) is 0.727. The molecule has 2 fully saturated rings. The summed E-state index contributed by atoms with van der Waals surface area (Å²) in [5.41, 5.74) is 0.422. The van der Waals surface area contributed by atoms with Crippen LogP contribution in [-0.2, 0) is 31.6 Å². The van der Waals surface area contributed by atoms with Crippen molar-refractivity contribution in [2.75, 3.05) is 25.6 Å². The molecule has 5 rings (SSSR count). The Morgan fingerprint density at radius 3 is 2.65 bits per heavy atom. The van der Waals surface area contributed by atoms with E-state index in [-0.39, 0.29) is 5.82 Å². The summed E-state index contributed by atoms with van der Waals surface area (Å²) in [5.74, 6) is 1.22. The summed E-state index contributed by atoms with van der Waals surface area (Å²) in [6, 6.07) is 0.302. The van der Waals surface area contributed by atoms with Gasteiger partial charge in [0.1, 0.15) is 30.0 Å². The minimum atomic E-state index is -4.99. The molecule has 4 heterocycles. The van der Waals surface area contributed by atoms with Crippen molar-refractivity contribution >= 4 is 24.4 Å². The highest BCUT2D eigenvalue weighted by atomic mass is 31.2. The van der Waals surface area contributed by atoms with Gasteiger partial charge in [-0.2, -0.15) is 10.3 Å². The number of methoxy groups -OCH3 is 1. The third-order valence-electron chi connectivity index (χ3n) is 7.33. The molecule has 0 bridgehead atoms. The van der Waals surface area contributed by atoms with Crippen LogP contribution in [0.25, 0.3) is 11.0 Å². The lowest BCUT2D eigenvalue weighted by atomic mass is 10.1. The lowest BCUT2D eigenvalue weighted by Gasteiger charge is -2.33. The lowest BCUT2D eigenvalue weighted by Crippen LogP contribution is -2.44. The van der Waals surface area contributed by atoms with E-state index in [9.17, 15) is 24.6 Å². The Bertz CT molecular complexity index is 1330. The van der Waals surface area contributed by atoms with Crippen molar-refractivity contribution in [1.82, 2.24) is 40.4 Å². The molecule has 3 aromatic heterocycles. The van der Waals surface area contributed by atoms with E-state index in [2.05, 4.69) is 41.0 Å². The van der Waals surface area contributed by atoms with Crippen molar-refractivity contribution in [1.29, 1.82) is 0 Å². The number of hydrogen-bond acceptors (Lipinski definition) is 13. The predicted molar refractivity (Wildman–Crippen MR) is 137 cm³/mol. The largest absolute Gasteiger partial charge is 0.387 e. The average Bonchev–Trinajstić information content (AvgIpc) is 3.72. The molecule has 3 aromatic rings. The Hall–Kier alpha value is -2.63. The number of ether oxygens (including phenoxy) is 3. The Balaban J connectivity index is 1.38. The highest BCUT2D eigenvalue weighted by Crippen LogP contribution is 2.53. The van der Waals surface area contributed by atoms with E-state index in [1.165, 1.54) is 11.8 Å².